The fourth-order valence-corrected chi connectivity index (χ4v) is 3.33. The molecule has 3 aromatic rings. The molecule has 0 aliphatic carbocycles. The van der Waals surface area contributed by atoms with Crippen LogP contribution in [-0.2, 0) is 11.3 Å². The molecule has 5 heteroatoms. The minimum Gasteiger partial charge on any atom is -0.493 e. The minimum absolute atomic E-state index is 0.0795. The van der Waals surface area contributed by atoms with E-state index in [9.17, 15) is 10.1 Å². The van der Waals surface area contributed by atoms with Gasteiger partial charge in [0.25, 0.3) is 5.91 Å². The molecular formula is C21H18N2O2S. The molecule has 0 atom stereocenters. The van der Waals surface area contributed by atoms with Crippen LogP contribution in [0, 0.1) is 11.3 Å². The number of nitrogens with one attached hydrogen (secondary N) is 1. The average molecular weight is 362 g/mol. The fourth-order valence-electron chi connectivity index (χ4n) is 2.68. The second-order valence-corrected chi connectivity index (χ2v) is 6.60. The van der Waals surface area contributed by atoms with Crippen molar-refractivity contribution in [2.24, 2.45) is 0 Å². The monoisotopic (exact) mass is 362 g/mol. The Balaban J connectivity index is 1.90. The Morgan fingerprint density at radius 2 is 2.00 bits per heavy atom. The van der Waals surface area contributed by atoms with Gasteiger partial charge < -0.3 is 10.1 Å². The topological polar surface area (TPSA) is 62.1 Å². The first-order valence-corrected chi connectivity index (χ1v) is 9.17. The molecule has 0 unspecified atom stereocenters. The molecular weight excluding hydrogens is 344 g/mol. The molecule has 0 spiro atoms. The summed E-state index contributed by atoms with van der Waals surface area (Å²) in [6, 6.07) is 17.4. The van der Waals surface area contributed by atoms with E-state index in [2.05, 4.69) is 5.32 Å². The molecule has 0 aliphatic heterocycles. The summed E-state index contributed by atoms with van der Waals surface area (Å²) in [5, 5.41) is 16.1. The van der Waals surface area contributed by atoms with Gasteiger partial charge in [0.1, 0.15) is 17.4 Å². The smallest absolute Gasteiger partial charge is 0.262 e. The first kappa shape index (κ1) is 17.7. The van der Waals surface area contributed by atoms with Crippen LogP contribution < -0.4 is 10.1 Å². The molecule has 0 bridgehead atoms. The van der Waals surface area contributed by atoms with E-state index in [0.29, 0.717) is 13.2 Å². The quantitative estimate of drug-likeness (QED) is 0.518. The largest absolute Gasteiger partial charge is 0.493 e. The lowest BCUT2D eigenvalue weighted by Gasteiger charge is -2.10. The Labute approximate surface area is 156 Å². The zero-order valence-electron chi connectivity index (χ0n) is 14.4. The van der Waals surface area contributed by atoms with Crippen LogP contribution in [0.1, 0.15) is 17.4 Å². The Hall–Kier alpha value is -3.10. The van der Waals surface area contributed by atoms with Crippen molar-refractivity contribution in [2.75, 3.05) is 6.61 Å². The lowest BCUT2D eigenvalue weighted by Crippen LogP contribution is -2.23. The summed E-state index contributed by atoms with van der Waals surface area (Å²) in [6.07, 6.45) is 1.63. The van der Waals surface area contributed by atoms with E-state index in [-0.39, 0.29) is 11.5 Å². The average Bonchev–Trinajstić information content (AvgIpc) is 3.19. The molecule has 0 saturated heterocycles. The van der Waals surface area contributed by atoms with Gasteiger partial charge in [-0.3, -0.25) is 4.79 Å². The highest BCUT2D eigenvalue weighted by Crippen LogP contribution is 2.29. The van der Waals surface area contributed by atoms with Crippen LogP contribution in [0.15, 0.2) is 59.5 Å². The van der Waals surface area contributed by atoms with Crippen LogP contribution >= 0.6 is 11.3 Å². The molecule has 2 aromatic carbocycles. The van der Waals surface area contributed by atoms with E-state index in [1.54, 1.807) is 17.4 Å². The van der Waals surface area contributed by atoms with Gasteiger partial charge in [-0.1, -0.05) is 36.4 Å². The van der Waals surface area contributed by atoms with Gasteiger partial charge in [0, 0.05) is 10.3 Å². The number of nitrogens with zero attached hydrogens (tertiary/aromatic N) is 1. The Bertz CT molecular complexity index is 985. The minimum atomic E-state index is -0.376. The Morgan fingerprint density at radius 3 is 2.69 bits per heavy atom. The maximum absolute atomic E-state index is 12.4. The van der Waals surface area contributed by atoms with E-state index in [1.807, 2.05) is 66.9 Å². The predicted molar refractivity (Wildman–Crippen MR) is 105 cm³/mol. The van der Waals surface area contributed by atoms with E-state index in [4.69, 9.17) is 4.74 Å². The van der Waals surface area contributed by atoms with Crippen LogP contribution in [0.2, 0.25) is 0 Å². The number of rotatable bonds is 6. The van der Waals surface area contributed by atoms with Gasteiger partial charge in [-0.25, -0.2) is 0 Å². The van der Waals surface area contributed by atoms with Crippen molar-refractivity contribution in [3.63, 3.8) is 0 Å². The first-order valence-electron chi connectivity index (χ1n) is 8.30. The number of amides is 1. The van der Waals surface area contributed by atoms with Crippen molar-refractivity contribution >= 4 is 34.1 Å². The molecule has 26 heavy (non-hydrogen) atoms. The maximum atomic E-state index is 12.4. The van der Waals surface area contributed by atoms with E-state index in [0.717, 1.165) is 27.0 Å². The molecule has 1 N–H and O–H groups in total. The van der Waals surface area contributed by atoms with Crippen molar-refractivity contribution in [1.82, 2.24) is 5.32 Å². The van der Waals surface area contributed by atoms with Gasteiger partial charge in [0.2, 0.25) is 0 Å². The zero-order chi connectivity index (χ0) is 18.4. The zero-order valence-corrected chi connectivity index (χ0v) is 15.2. The van der Waals surface area contributed by atoms with Gasteiger partial charge in [-0.15, -0.1) is 11.3 Å². The first-order chi connectivity index (χ1) is 12.7. The second kappa shape index (κ2) is 8.32. The highest BCUT2D eigenvalue weighted by atomic mass is 32.1. The number of thiophene rings is 1. The highest BCUT2D eigenvalue weighted by Gasteiger charge is 2.11. The van der Waals surface area contributed by atoms with Gasteiger partial charge in [-0.2, -0.15) is 5.26 Å². The molecule has 4 nitrogen and oxygen atoms in total. The molecule has 3 rings (SSSR count). The summed E-state index contributed by atoms with van der Waals surface area (Å²) in [5.74, 6) is 0.416. The molecule has 0 aliphatic rings. The van der Waals surface area contributed by atoms with Crippen LogP contribution in [-0.4, -0.2) is 12.5 Å². The number of hydrogen-bond acceptors (Lipinski definition) is 4. The number of benzene rings is 2. The van der Waals surface area contributed by atoms with Crippen molar-refractivity contribution in [3.05, 3.63) is 69.9 Å². The predicted octanol–water partition coefficient (Wildman–Crippen LogP) is 4.52. The number of hydrogen-bond donors (Lipinski definition) is 1. The molecule has 0 radical (unpaired) electrons. The molecule has 0 saturated carbocycles. The maximum Gasteiger partial charge on any atom is 0.262 e. The lowest BCUT2D eigenvalue weighted by molar-refractivity contribution is -0.117. The molecule has 130 valence electrons. The van der Waals surface area contributed by atoms with Crippen molar-refractivity contribution < 1.29 is 9.53 Å². The Kier molecular flexibility index (Phi) is 5.67. The third-order valence-electron chi connectivity index (χ3n) is 3.89. The van der Waals surface area contributed by atoms with Crippen molar-refractivity contribution in [3.8, 4) is 11.8 Å². The summed E-state index contributed by atoms with van der Waals surface area (Å²) in [6.45, 7) is 2.93. The summed E-state index contributed by atoms with van der Waals surface area (Å²) in [5.41, 5.74) is 0.891. The second-order valence-electron chi connectivity index (χ2n) is 5.56. The van der Waals surface area contributed by atoms with Crippen molar-refractivity contribution in [1.29, 1.82) is 5.26 Å². The Morgan fingerprint density at radius 1 is 1.19 bits per heavy atom. The highest BCUT2D eigenvalue weighted by molar-refractivity contribution is 7.09. The van der Waals surface area contributed by atoms with Crippen LogP contribution in [0.4, 0.5) is 0 Å². The van der Waals surface area contributed by atoms with Gasteiger partial charge in [-0.05, 0) is 41.5 Å². The molecule has 1 heterocycles. The standard InChI is InChI=1S/C21H18N2O2S/c1-2-25-20-10-9-15(18-7-3-4-8-19(18)20)12-16(13-22)21(24)23-14-17-6-5-11-26-17/h3-12H,2,14H2,1H3,(H,23,24). The molecule has 1 amide bonds. The number of ether oxygens (including phenoxy) is 1. The summed E-state index contributed by atoms with van der Waals surface area (Å²) < 4.78 is 5.67. The third kappa shape index (κ3) is 3.93. The molecule has 0 fully saturated rings. The van der Waals surface area contributed by atoms with E-state index in [1.165, 1.54) is 0 Å². The number of fused-ring (bicyclic) bond motifs is 1. The summed E-state index contributed by atoms with van der Waals surface area (Å²) in [7, 11) is 0. The SMILES string of the molecule is CCOc1ccc(C=C(C#N)C(=O)NCc2cccs2)c2ccccc12. The van der Waals surface area contributed by atoms with Crippen LogP contribution in [0.3, 0.4) is 0 Å². The van der Waals surface area contributed by atoms with Gasteiger partial charge >= 0.3 is 0 Å². The third-order valence-corrected chi connectivity index (χ3v) is 4.76. The number of carbonyl (C=O) groups excluding carboxylic acids is 1. The van der Waals surface area contributed by atoms with E-state index < -0.39 is 0 Å². The lowest BCUT2D eigenvalue weighted by atomic mass is 10.0. The van der Waals surface area contributed by atoms with Gasteiger partial charge in [0.15, 0.2) is 0 Å². The van der Waals surface area contributed by atoms with Crippen LogP contribution in [0.25, 0.3) is 16.8 Å². The normalized spacial score (nSPS) is 11.2. The number of carbonyl (C=O) groups is 1. The number of nitriles is 1. The van der Waals surface area contributed by atoms with E-state index >= 15 is 0 Å². The molecule has 1 aromatic heterocycles. The summed E-state index contributed by atoms with van der Waals surface area (Å²) in [4.78, 5) is 13.4. The van der Waals surface area contributed by atoms with Gasteiger partial charge in [0.05, 0.1) is 13.2 Å². The van der Waals surface area contributed by atoms with Crippen molar-refractivity contribution in [2.45, 2.75) is 13.5 Å². The van der Waals surface area contributed by atoms with Crippen LogP contribution in [0.5, 0.6) is 5.75 Å². The fraction of sp³-hybridized carbons (Fsp3) is 0.143. The summed E-state index contributed by atoms with van der Waals surface area (Å²) >= 11 is 1.57.